The number of imidazole rings is 1. The number of sulfonamides is 1. The van der Waals surface area contributed by atoms with Gasteiger partial charge in [0, 0.05) is 37.1 Å². The molecule has 5 N–H and O–H groups in total. The second-order valence-electron chi connectivity index (χ2n) is 13.4. The van der Waals surface area contributed by atoms with Crippen LogP contribution in [0.2, 0.25) is 0 Å². The number of aromatic nitrogens is 3. The molecule has 1 amide bonds. The zero-order chi connectivity index (χ0) is 38.0. The van der Waals surface area contributed by atoms with Gasteiger partial charge in [0.1, 0.15) is 17.4 Å². The quantitative estimate of drug-likeness (QED) is 0.114. The van der Waals surface area contributed by atoms with Crippen molar-refractivity contribution in [2.45, 2.75) is 76.9 Å². The summed E-state index contributed by atoms with van der Waals surface area (Å²) >= 11 is 0. The molecule has 1 atom stereocenters. The molecule has 5 aromatic rings. The Morgan fingerprint density at radius 3 is 2.42 bits per heavy atom. The van der Waals surface area contributed by atoms with Crippen LogP contribution in [0.15, 0.2) is 64.4 Å². The second-order valence-corrected chi connectivity index (χ2v) is 15.0. The summed E-state index contributed by atoms with van der Waals surface area (Å²) in [5, 5.41) is 14.8. The van der Waals surface area contributed by atoms with Crippen LogP contribution in [0.3, 0.4) is 0 Å². The number of aliphatic carboxylic acids is 1. The summed E-state index contributed by atoms with van der Waals surface area (Å²) in [5.74, 6) is -4.23. The average Bonchev–Trinajstić information content (AvgIpc) is 3.52. The van der Waals surface area contributed by atoms with Crippen molar-refractivity contribution in [1.29, 1.82) is 0 Å². The van der Waals surface area contributed by atoms with Crippen LogP contribution in [-0.4, -0.2) is 52.5 Å². The van der Waals surface area contributed by atoms with Crippen LogP contribution in [0, 0.1) is 32.4 Å². The van der Waals surface area contributed by atoms with Gasteiger partial charge in [-0.25, -0.2) is 22.2 Å². The SMILES string of the molecule is Cc1cc(C)c(S(=O)(=O)NC(CNC(=O)c2cn(CCc3ccccc3)c3c(F)c(CNc4nc5c([nH]4)CCCC5)c(F)cc3c2=O)C(=O)O)c(C)c1. The van der Waals surface area contributed by atoms with Crippen LogP contribution in [0.1, 0.15) is 62.4 Å². The lowest BCUT2D eigenvalue weighted by Crippen LogP contribution is -2.49. The fraction of sp³-hybridized carbons (Fsp3) is 0.316. The van der Waals surface area contributed by atoms with E-state index in [4.69, 9.17) is 0 Å². The van der Waals surface area contributed by atoms with Crippen molar-refractivity contribution in [1.82, 2.24) is 24.6 Å². The van der Waals surface area contributed by atoms with Gasteiger partial charge in [0.25, 0.3) is 5.91 Å². The van der Waals surface area contributed by atoms with Gasteiger partial charge in [-0.3, -0.25) is 14.4 Å². The summed E-state index contributed by atoms with van der Waals surface area (Å²) in [6.45, 7) is 4.06. The zero-order valence-electron chi connectivity index (χ0n) is 29.5. The third-order valence-corrected chi connectivity index (χ3v) is 11.2. The van der Waals surface area contributed by atoms with E-state index in [1.165, 1.54) is 4.57 Å². The lowest BCUT2D eigenvalue weighted by Gasteiger charge is -2.19. The molecule has 0 spiro atoms. The van der Waals surface area contributed by atoms with Crippen LogP contribution >= 0.6 is 0 Å². The summed E-state index contributed by atoms with van der Waals surface area (Å²) in [6.07, 6.45) is 5.21. The predicted molar refractivity (Wildman–Crippen MR) is 196 cm³/mol. The molecule has 2 heterocycles. The maximum atomic E-state index is 16.4. The number of aryl methyl sites for hydroxylation is 7. The van der Waals surface area contributed by atoms with Gasteiger partial charge >= 0.3 is 5.97 Å². The molecule has 1 aliphatic carbocycles. The number of carbonyl (C=O) groups is 2. The molecular weight excluding hydrogens is 707 g/mol. The molecule has 2 aromatic heterocycles. The van der Waals surface area contributed by atoms with Crippen LogP contribution in [0.5, 0.6) is 0 Å². The molecule has 53 heavy (non-hydrogen) atoms. The molecule has 0 fully saturated rings. The first kappa shape index (κ1) is 37.4. The molecule has 0 radical (unpaired) electrons. The van der Waals surface area contributed by atoms with Crippen molar-refractivity contribution in [3.05, 3.63) is 121 Å². The molecule has 0 saturated carbocycles. The van der Waals surface area contributed by atoms with Crippen molar-refractivity contribution < 1.29 is 31.9 Å². The number of fused-ring (bicyclic) bond motifs is 2. The van der Waals surface area contributed by atoms with E-state index in [0.29, 0.717) is 23.5 Å². The number of carbonyl (C=O) groups excluding carboxylic acids is 1. The topological polar surface area (TPSA) is 175 Å². The van der Waals surface area contributed by atoms with E-state index in [1.807, 2.05) is 30.3 Å². The molecule has 0 bridgehead atoms. The molecule has 1 unspecified atom stereocenters. The lowest BCUT2D eigenvalue weighted by molar-refractivity contribution is -0.138. The highest BCUT2D eigenvalue weighted by molar-refractivity contribution is 7.89. The first-order chi connectivity index (χ1) is 25.2. The molecule has 278 valence electrons. The van der Waals surface area contributed by atoms with Crippen molar-refractivity contribution in [2.24, 2.45) is 0 Å². The number of H-pyrrole nitrogens is 1. The molecule has 12 nitrogen and oxygen atoms in total. The highest BCUT2D eigenvalue weighted by Crippen LogP contribution is 2.26. The number of aromatic amines is 1. The van der Waals surface area contributed by atoms with E-state index in [2.05, 4.69) is 25.3 Å². The number of carboxylic acids is 1. The first-order valence-corrected chi connectivity index (χ1v) is 18.7. The van der Waals surface area contributed by atoms with Crippen molar-refractivity contribution in [3.63, 3.8) is 0 Å². The third kappa shape index (κ3) is 8.00. The maximum absolute atomic E-state index is 16.4. The Labute approximate surface area is 304 Å². The van der Waals surface area contributed by atoms with E-state index in [9.17, 15) is 27.9 Å². The Bertz CT molecular complexity index is 2350. The third-order valence-electron chi connectivity index (χ3n) is 9.40. The number of halogens is 2. The highest BCUT2D eigenvalue weighted by atomic mass is 32.2. The van der Waals surface area contributed by atoms with Gasteiger partial charge in [0.05, 0.1) is 21.5 Å². The Morgan fingerprint density at radius 2 is 1.74 bits per heavy atom. The van der Waals surface area contributed by atoms with E-state index in [1.54, 1.807) is 32.9 Å². The Morgan fingerprint density at radius 1 is 1.04 bits per heavy atom. The van der Waals surface area contributed by atoms with Crippen molar-refractivity contribution in [3.8, 4) is 0 Å². The number of nitrogens with one attached hydrogen (secondary N) is 4. The van der Waals surface area contributed by atoms with E-state index < -0.39 is 62.5 Å². The number of benzene rings is 3. The normalized spacial score (nSPS) is 13.5. The van der Waals surface area contributed by atoms with E-state index in [0.717, 1.165) is 60.5 Å². The van der Waals surface area contributed by atoms with E-state index in [-0.39, 0.29) is 29.1 Å². The molecule has 6 rings (SSSR count). The summed E-state index contributed by atoms with van der Waals surface area (Å²) in [4.78, 5) is 47.0. The predicted octanol–water partition coefficient (Wildman–Crippen LogP) is 4.82. The van der Waals surface area contributed by atoms with Gasteiger partial charge in [-0.1, -0.05) is 48.0 Å². The number of anilines is 1. The number of nitrogens with zero attached hydrogens (tertiary/aromatic N) is 2. The number of rotatable bonds is 13. The number of carboxylic acid groups (broad SMARTS) is 1. The van der Waals surface area contributed by atoms with Crippen LogP contribution in [0.4, 0.5) is 14.7 Å². The summed E-state index contributed by atoms with van der Waals surface area (Å²) in [7, 11) is -4.35. The number of hydrogen-bond acceptors (Lipinski definition) is 7. The van der Waals surface area contributed by atoms with Crippen LogP contribution < -0.4 is 20.8 Å². The van der Waals surface area contributed by atoms with Gasteiger partial charge in [0.15, 0.2) is 5.82 Å². The fourth-order valence-corrected chi connectivity index (χ4v) is 8.58. The standard InChI is InChI=1S/C38H40F2N6O6S/c1-21-15-22(2)35(23(3)16-21)53(51,52)45-31(37(49)50)19-41-36(48)27-20-46(14-13-24-9-5-4-6-10-24)33-25(34(27)47)17-28(39)26(32(33)40)18-42-38-43-29-11-7-8-12-30(29)44-38/h4-6,9-10,15-17,20,31,45H,7-8,11-14,18-19H2,1-3H3,(H,41,48)(H,49,50)(H2,42,43,44). The van der Waals surface area contributed by atoms with Crippen molar-refractivity contribution >= 4 is 38.8 Å². The summed E-state index contributed by atoms with van der Waals surface area (Å²) in [6, 6.07) is 11.6. The first-order valence-electron chi connectivity index (χ1n) is 17.2. The van der Waals surface area contributed by atoms with Crippen LogP contribution in [0.25, 0.3) is 10.9 Å². The summed E-state index contributed by atoms with van der Waals surface area (Å²) in [5.41, 5.74) is 2.41. The fourth-order valence-electron chi connectivity index (χ4n) is 6.94. The molecular formula is C38H40F2N6O6S. The smallest absolute Gasteiger partial charge is 0.323 e. The number of pyridine rings is 1. The van der Waals surface area contributed by atoms with Gasteiger partial charge in [-0.2, -0.15) is 4.72 Å². The highest BCUT2D eigenvalue weighted by Gasteiger charge is 2.29. The molecule has 15 heteroatoms. The Kier molecular flexibility index (Phi) is 10.8. The van der Waals surface area contributed by atoms with Gasteiger partial charge in [-0.05, 0) is 75.6 Å². The summed E-state index contributed by atoms with van der Waals surface area (Å²) < 4.78 is 62.1. The minimum absolute atomic E-state index is 0.0848. The van der Waals surface area contributed by atoms with E-state index >= 15 is 8.78 Å². The Balaban J connectivity index is 1.30. The molecule has 3 aromatic carbocycles. The molecule has 0 saturated heterocycles. The minimum Gasteiger partial charge on any atom is -0.480 e. The monoisotopic (exact) mass is 746 g/mol. The van der Waals surface area contributed by atoms with Crippen molar-refractivity contribution in [2.75, 3.05) is 11.9 Å². The second kappa shape index (κ2) is 15.3. The van der Waals surface area contributed by atoms with Gasteiger partial charge in [0.2, 0.25) is 21.4 Å². The van der Waals surface area contributed by atoms with Gasteiger partial charge in [-0.15, -0.1) is 0 Å². The zero-order valence-corrected chi connectivity index (χ0v) is 30.3. The van der Waals surface area contributed by atoms with Crippen LogP contribution in [-0.2, 0) is 47.2 Å². The Hall–Kier alpha value is -5.41. The number of amides is 1. The lowest BCUT2D eigenvalue weighted by atomic mass is 10.0. The maximum Gasteiger partial charge on any atom is 0.323 e. The molecule has 0 aliphatic heterocycles. The largest absolute Gasteiger partial charge is 0.480 e. The van der Waals surface area contributed by atoms with Gasteiger partial charge < -0.3 is 25.3 Å². The average molecular weight is 747 g/mol. The number of hydrogen-bond donors (Lipinski definition) is 5. The minimum atomic E-state index is -4.35. The molecule has 1 aliphatic rings.